The van der Waals surface area contributed by atoms with Crippen molar-refractivity contribution in [3.8, 4) is 5.75 Å². The third-order valence-electron chi connectivity index (χ3n) is 4.75. The van der Waals surface area contributed by atoms with Gasteiger partial charge in [-0.3, -0.25) is 4.79 Å². The second-order valence-electron chi connectivity index (χ2n) is 7.29. The molecule has 3 rings (SSSR count). The molecule has 0 spiro atoms. The highest BCUT2D eigenvalue weighted by molar-refractivity contribution is 5.98. The van der Waals surface area contributed by atoms with Crippen LogP contribution in [-0.4, -0.2) is 36.7 Å². The highest BCUT2D eigenvalue weighted by Crippen LogP contribution is 2.24. The van der Waals surface area contributed by atoms with Gasteiger partial charge in [-0.15, -0.1) is 0 Å². The molecule has 30 heavy (non-hydrogen) atoms. The Bertz CT molecular complexity index is 1020. The van der Waals surface area contributed by atoms with Gasteiger partial charge in [0.15, 0.2) is 11.8 Å². The number of carbonyl (C=O) groups is 2. The highest BCUT2D eigenvalue weighted by Gasteiger charge is 2.23. The lowest BCUT2D eigenvalue weighted by atomic mass is 10.0. The Kier molecular flexibility index (Phi) is 6.74. The van der Waals surface area contributed by atoms with Crippen molar-refractivity contribution in [1.29, 1.82) is 0 Å². The molecule has 158 valence electrons. The van der Waals surface area contributed by atoms with Crippen LogP contribution in [0.2, 0.25) is 0 Å². The zero-order chi connectivity index (χ0) is 21.7. The van der Waals surface area contributed by atoms with Crippen molar-refractivity contribution in [3.63, 3.8) is 0 Å². The Morgan fingerprint density at radius 1 is 1.10 bits per heavy atom. The third-order valence-corrected chi connectivity index (χ3v) is 4.75. The minimum Gasteiger partial charge on any atom is -0.497 e. The Hall–Kier alpha value is -3.32. The molecule has 0 aliphatic carbocycles. The van der Waals surface area contributed by atoms with Gasteiger partial charge in [0.25, 0.3) is 5.91 Å². The van der Waals surface area contributed by atoms with E-state index in [2.05, 4.69) is 19.2 Å². The van der Waals surface area contributed by atoms with Crippen LogP contribution in [0.5, 0.6) is 5.75 Å². The zero-order valence-corrected chi connectivity index (χ0v) is 17.2. The van der Waals surface area contributed by atoms with Crippen molar-refractivity contribution in [1.82, 2.24) is 5.32 Å². The molecule has 1 unspecified atom stereocenters. The normalized spacial score (nSPS) is 12.1. The lowest BCUT2D eigenvalue weighted by Crippen LogP contribution is -2.43. The second-order valence-corrected chi connectivity index (χ2v) is 7.29. The molecule has 7 heteroatoms. The van der Waals surface area contributed by atoms with E-state index < -0.39 is 17.9 Å². The van der Waals surface area contributed by atoms with E-state index in [0.29, 0.717) is 22.6 Å². The number of aliphatic carboxylic acids is 1. The summed E-state index contributed by atoms with van der Waals surface area (Å²) in [6.07, 6.45) is 0. The van der Waals surface area contributed by atoms with E-state index >= 15 is 0 Å². The van der Waals surface area contributed by atoms with Crippen LogP contribution in [0.15, 0.2) is 52.9 Å². The van der Waals surface area contributed by atoms with Crippen LogP contribution in [0, 0.1) is 0 Å². The SMILES string of the molecule is COc1ccc2oc(C(=O)NC(COCc3ccc(C(C)C)cc3)C(=O)O)cc2c1. The van der Waals surface area contributed by atoms with Gasteiger partial charge in [-0.05, 0) is 41.3 Å². The van der Waals surface area contributed by atoms with Crippen LogP contribution in [0.25, 0.3) is 11.0 Å². The van der Waals surface area contributed by atoms with Crippen LogP contribution < -0.4 is 10.1 Å². The third kappa shape index (κ3) is 5.18. The average Bonchev–Trinajstić information content (AvgIpc) is 3.16. The average molecular weight is 411 g/mol. The molecule has 0 saturated heterocycles. The van der Waals surface area contributed by atoms with Crippen LogP contribution in [0.4, 0.5) is 0 Å². The van der Waals surface area contributed by atoms with Crippen LogP contribution in [-0.2, 0) is 16.1 Å². The number of ether oxygens (including phenoxy) is 2. The molecular weight excluding hydrogens is 386 g/mol. The molecule has 1 amide bonds. The van der Waals surface area contributed by atoms with E-state index in [1.807, 2.05) is 24.3 Å². The molecule has 1 heterocycles. The molecule has 0 aliphatic rings. The highest BCUT2D eigenvalue weighted by atomic mass is 16.5. The maximum Gasteiger partial charge on any atom is 0.328 e. The number of nitrogens with one attached hydrogen (secondary N) is 1. The number of amides is 1. The fourth-order valence-electron chi connectivity index (χ4n) is 2.96. The maximum atomic E-state index is 12.5. The van der Waals surface area contributed by atoms with Gasteiger partial charge in [-0.1, -0.05) is 38.1 Å². The summed E-state index contributed by atoms with van der Waals surface area (Å²) in [5.41, 5.74) is 2.66. The summed E-state index contributed by atoms with van der Waals surface area (Å²) in [5.74, 6) is -0.716. The van der Waals surface area contributed by atoms with Crippen molar-refractivity contribution < 1.29 is 28.6 Å². The first-order valence-corrected chi connectivity index (χ1v) is 9.65. The lowest BCUT2D eigenvalue weighted by Gasteiger charge is -2.14. The van der Waals surface area contributed by atoms with Crippen molar-refractivity contribution >= 4 is 22.8 Å². The smallest absolute Gasteiger partial charge is 0.328 e. The minimum atomic E-state index is -1.20. The summed E-state index contributed by atoms with van der Waals surface area (Å²) >= 11 is 0. The van der Waals surface area contributed by atoms with Gasteiger partial charge in [-0.2, -0.15) is 0 Å². The van der Waals surface area contributed by atoms with E-state index in [-0.39, 0.29) is 19.0 Å². The van der Waals surface area contributed by atoms with Crippen LogP contribution in [0.3, 0.4) is 0 Å². The van der Waals surface area contributed by atoms with Gasteiger partial charge in [0.1, 0.15) is 11.3 Å². The summed E-state index contributed by atoms with van der Waals surface area (Å²) in [6.45, 7) is 4.32. The molecule has 0 saturated carbocycles. The van der Waals surface area contributed by atoms with Gasteiger partial charge in [-0.25, -0.2) is 4.79 Å². The summed E-state index contributed by atoms with van der Waals surface area (Å²) in [6, 6.07) is 13.4. The van der Waals surface area contributed by atoms with E-state index in [9.17, 15) is 14.7 Å². The molecule has 1 atom stereocenters. The summed E-state index contributed by atoms with van der Waals surface area (Å²) in [4.78, 5) is 24.0. The number of carboxylic acid groups (broad SMARTS) is 1. The maximum absolute atomic E-state index is 12.5. The molecule has 2 N–H and O–H groups in total. The summed E-state index contributed by atoms with van der Waals surface area (Å²) < 4.78 is 16.2. The lowest BCUT2D eigenvalue weighted by molar-refractivity contribution is -0.141. The molecule has 2 aromatic carbocycles. The second kappa shape index (κ2) is 9.45. The summed E-state index contributed by atoms with van der Waals surface area (Å²) in [7, 11) is 1.55. The number of carbonyl (C=O) groups excluding carboxylic acids is 1. The largest absolute Gasteiger partial charge is 0.497 e. The van der Waals surface area contributed by atoms with Gasteiger partial charge in [0.2, 0.25) is 0 Å². The monoisotopic (exact) mass is 411 g/mol. The van der Waals surface area contributed by atoms with E-state index in [1.54, 1.807) is 31.4 Å². The van der Waals surface area contributed by atoms with Crippen molar-refractivity contribution in [3.05, 3.63) is 65.4 Å². The van der Waals surface area contributed by atoms with E-state index in [4.69, 9.17) is 13.9 Å². The molecular formula is C23H25NO6. The number of fused-ring (bicyclic) bond motifs is 1. The Balaban J connectivity index is 1.59. The Morgan fingerprint density at radius 2 is 1.83 bits per heavy atom. The molecule has 0 fully saturated rings. The van der Waals surface area contributed by atoms with Crippen LogP contribution >= 0.6 is 0 Å². The van der Waals surface area contributed by atoms with Crippen molar-refractivity contribution in [2.45, 2.75) is 32.4 Å². The molecule has 1 aromatic heterocycles. The van der Waals surface area contributed by atoms with Gasteiger partial charge in [0.05, 0.1) is 20.3 Å². The molecule has 0 radical (unpaired) electrons. The minimum absolute atomic E-state index is 0.0220. The Morgan fingerprint density at radius 3 is 2.47 bits per heavy atom. The van der Waals surface area contributed by atoms with E-state index in [1.165, 1.54) is 5.56 Å². The number of carboxylic acids is 1. The Labute approximate surface area is 174 Å². The fourth-order valence-corrected chi connectivity index (χ4v) is 2.96. The van der Waals surface area contributed by atoms with Crippen LogP contribution in [0.1, 0.15) is 41.4 Å². The first-order valence-electron chi connectivity index (χ1n) is 9.65. The van der Waals surface area contributed by atoms with Gasteiger partial charge in [0, 0.05) is 5.39 Å². The molecule has 3 aromatic rings. The predicted molar refractivity (Wildman–Crippen MR) is 112 cm³/mol. The van der Waals surface area contributed by atoms with Gasteiger partial charge < -0.3 is 24.3 Å². The van der Waals surface area contributed by atoms with Gasteiger partial charge >= 0.3 is 5.97 Å². The molecule has 0 aliphatic heterocycles. The number of hydrogen-bond donors (Lipinski definition) is 2. The topological polar surface area (TPSA) is 98.0 Å². The number of rotatable bonds is 9. The number of methoxy groups -OCH3 is 1. The van der Waals surface area contributed by atoms with Crippen molar-refractivity contribution in [2.75, 3.05) is 13.7 Å². The first kappa shape index (κ1) is 21.4. The standard InChI is InChI=1S/C23H25NO6/c1-14(2)16-6-4-15(5-7-16)12-29-13-19(23(26)27)24-22(25)21-11-17-10-18(28-3)8-9-20(17)30-21/h4-11,14,19H,12-13H2,1-3H3,(H,24,25)(H,26,27). The molecule has 7 nitrogen and oxygen atoms in total. The fraction of sp³-hybridized carbons (Fsp3) is 0.304. The predicted octanol–water partition coefficient (Wildman–Crippen LogP) is 3.96. The van der Waals surface area contributed by atoms with E-state index in [0.717, 1.165) is 5.56 Å². The number of benzene rings is 2. The zero-order valence-electron chi connectivity index (χ0n) is 17.2. The van der Waals surface area contributed by atoms with Crippen molar-refractivity contribution in [2.24, 2.45) is 0 Å². The number of hydrogen-bond acceptors (Lipinski definition) is 5. The summed E-state index contributed by atoms with van der Waals surface area (Å²) in [5, 5.41) is 12.6. The number of furan rings is 1. The quantitative estimate of drug-likeness (QED) is 0.553. The molecule has 0 bridgehead atoms. The first-order chi connectivity index (χ1) is 14.4.